The number of phenolic OH excluding ortho intramolecular Hbond substituents is 1. The summed E-state index contributed by atoms with van der Waals surface area (Å²) < 4.78 is 0. The van der Waals surface area contributed by atoms with E-state index in [0.717, 1.165) is 5.56 Å². The molecular weight excluding hydrogens is 307 g/mol. The van der Waals surface area contributed by atoms with Crippen molar-refractivity contribution in [2.45, 2.75) is 19.9 Å². The number of phenols is 1. The van der Waals surface area contributed by atoms with Crippen LogP contribution in [0, 0.1) is 18.3 Å². The molecule has 5 heteroatoms. The molecule has 2 N–H and O–H groups in total. The number of aryl methyl sites for hydroxylation is 1. The van der Waals surface area contributed by atoms with Crippen LogP contribution in [0.5, 0.6) is 5.75 Å². The highest BCUT2D eigenvalue weighted by Gasteiger charge is 2.16. The van der Waals surface area contributed by atoms with Gasteiger partial charge in [0, 0.05) is 10.0 Å². The molecule has 0 aliphatic carbocycles. The van der Waals surface area contributed by atoms with Gasteiger partial charge in [0.15, 0.2) is 0 Å². The number of nitrogens with zero attached hydrogens (tertiary/aromatic N) is 1. The summed E-state index contributed by atoms with van der Waals surface area (Å²) in [6, 6.07) is 10.5. The largest absolute Gasteiger partial charge is 0.505 e. The van der Waals surface area contributed by atoms with Gasteiger partial charge in [0.25, 0.3) is 0 Å². The molecule has 108 valence electrons. The minimum Gasteiger partial charge on any atom is -0.505 e. The Morgan fingerprint density at radius 1 is 1.24 bits per heavy atom. The van der Waals surface area contributed by atoms with Gasteiger partial charge in [-0.2, -0.15) is 5.26 Å². The zero-order valence-corrected chi connectivity index (χ0v) is 13.1. The van der Waals surface area contributed by atoms with E-state index in [0.29, 0.717) is 26.9 Å². The monoisotopic (exact) mass is 320 g/mol. The van der Waals surface area contributed by atoms with Crippen molar-refractivity contribution >= 4 is 28.9 Å². The highest BCUT2D eigenvalue weighted by molar-refractivity contribution is 6.35. The molecule has 0 spiro atoms. The molecule has 0 aliphatic rings. The number of rotatable bonds is 3. The molecule has 0 fully saturated rings. The van der Waals surface area contributed by atoms with Gasteiger partial charge < -0.3 is 10.4 Å². The van der Waals surface area contributed by atoms with Crippen LogP contribution >= 0.6 is 23.2 Å². The fraction of sp³-hybridized carbons (Fsp3) is 0.188. The molecule has 0 bridgehead atoms. The van der Waals surface area contributed by atoms with E-state index in [9.17, 15) is 5.11 Å². The average molecular weight is 321 g/mol. The summed E-state index contributed by atoms with van der Waals surface area (Å²) in [5.41, 5.74) is 2.34. The van der Waals surface area contributed by atoms with Gasteiger partial charge in [-0.05, 0) is 43.2 Å². The molecule has 0 radical (unpaired) electrons. The second kappa shape index (κ2) is 6.26. The van der Waals surface area contributed by atoms with Crippen LogP contribution in [0.15, 0.2) is 30.3 Å². The van der Waals surface area contributed by atoms with Crippen LogP contribution in [0.2, 0.25) is 10.0 Å². The Balaban J connectivity index is 2.38. The first kappa shape index (κ1) is 15.5. The summed E-state index contributed by atoms with van der Waals surface area (Å²) in [7, 11) is 0. The van der Waals surface area contributed by atoms with Crippen LogP contribution in [0.3, 0.4) is 0 Å². The smallest absolute Gasteiger partial charge is 0.142 e. The summed E-state index contributed by atoms with van der Waals surface area (Å²) in [6.45, 7) is 3.68. The average Bonchev–Trinajstić information content (AvgIpc) is 2.44. The molecule has 0 aliphatic heterocycles. The van der Waals surface area contributed by atoms with E-state index in [1.165, 1.54) is 0 Å². The van der Waals surface area contributed by atoms with Crippen molar-refractivity contribution in [1.29, 1.82) is 5.26 Å². The minimum absolute atomic E-state index is 0.0750. The number of nitrogens with one attached hydrogen (secondary N) is 1. The first-order chi connectivity index (χ1) is 9.93. The molecule has 2 rings (SSSR count). The Morgan fingerprint density at radius 3 is 2.57 bits per heavy atom. The number of aromatic hydroxyl groups is 1. The highest BCUT2D eigenvalue weighted by atomic mass is 35.5. The Bertz CT molecular complexity index is 723. The molecule has 2 aromatic carbocycles. The molecule has 3 nitrogen and oxygen atoms in total. The maximum Gasteiger partial charge on any atom is 0.142 e. The van der Waals surface area contributed by atoms with Crippen LogP contribution in [0.1, 0.15) is 29.7 Å². The number of nitriles is 1. The lowest BCUT2D eigenvalue weighted by atomic mass is 10.0. The first-order valence-corrected chi connectivity index (χ1v) is 7.13. The van der Waals surface area contributed by atoms with Gasteiger partial charge in [-0.1, -0.05) is 35.3 Å². The van der Waals surface area contributed by atoms with Crippen LogP contribution in [-0.2, 0) is 0 Å². The molecular formula is C16H14Cl2N2O. The summed E-state index contributed by atoms with van der Waals surface area (Å²) in [6.07, 6.45) is 0. The number of benzene rings is 2. The molecule has 1 atom stereocenters. The van der Waals surface area contributed by atoms with E-state index < -0.39 is 0 Å². The molecule has 21 heavy (non-hydrogen) atoms. The molecule has 0 heterocycles. The summed E-state index contributed by atoms with van der Waals surface area (Å²) in [4.78, 5) is 0. The van der Waals surface area contributed by atoms with E-state index in [1.54, 1.807) is 31.2 Å². The maximum absolute atomic E-state index is 10.2. The zero-order valence-electron chi connectivity index (χ0n) is 11.6. The SMILES string of the molecule is Cc1ccc(C#N)c(N[C@H](C)c2ccc(Cl)cc2Cl)c1O. The molecule has 0 unspecified atom stereocenters. The number of halogens is 2. The predicted molar refractivity (Wildman–Crippen MR) is 86.1 cm³/mol. The molecule has 2 aromatic rings. The van der Waals surface area contributed by atoms with Gasteiger partial charge in [-0.25, -0.2) is 0 Å². The van der Waals surface area contributed by atoms with E-state index in [-0.39, 0.29) is 11.8 Å². The molecule has 0 aromatic heterocycles. The van der Waals surface area contributed by atoms with Crippen molar-refractivity contribution < 1.29 is 5.11 Å². The Hall–Kier alpha value is -1.89. The van der Waals surface area contributed by atoms with Crippen molar-refractivity contribution in [3.05, 3.63) is 57.1 Å². The van der Waals surface area contributed by atoms with Gasteiger partial charge in [0.1, 0.15) is 11.8 Å². The minimum atomic E-state index is -0.186. The van der Waals surface area contributed by atoms with Gasteiger partial charge >= 0.3 is 0 Å². The van der Waals surface area contributed by atoms with Gasteiger partial charge in [-0.3, -0.25) is 0 Å². The summed E-state index contributed by atoms with van der Waals surface area (Å²) >= 11 is 12.1. The van der Waals surface area contributed by atoms with E-state index in [2.05, 4.69) is 11.4 Å². The molecule has 0 amide bonds. The standard InChI is InChI=1S/C16H14Cl2N2O/c1-9-3-4-11(8-19)15(16(9)21)20-10(2)13-6-5-12(17)7-14(13)18/h3-7,10,20-21H,1-2H3/t10-/m1/s1. The first-order valence-electron chi connectivity index (χ1n) is 6.38. The van der Waals surface area contributed by atoms with E-state index in [1.807, 2.05) is 13.0 Å². The lowest BCUT2D eigenvalue weighted by Gasteiger charge is -2.19. The second-order valence-corrected chi connectivity index (χ2v) is 5.64. The van der Waals surface area contributed by atoms with Crippen LogP contribution < -0.4 is 5.32 Å². The predicted octanol–water partition coefficient (Wildman–Crippen LogP) is 5.05. The Labute approximate surface area is 133 Å². The molecule has 0 saturated carbocycles. The second-order valence-electron chi connectivity index (χ2n) is 4.80. The Kier molecular flexibility index (Phi) is 4.62. The zero-order chi connectivity index (χ0) is 15.6. The third-order valence-electron chi connectivity index (χ3n) is 3.29. The number of anilines is 1. The molecule has 0 saturated heterocycles. The Morgan fingerprint density at radius 2 is 1.95 bits per heavy atom. The van der Waals surface area contributed by atoms with Crippen LogP contribution in [-0.4, -0.2) is 5.11 Å². The van der Waals surface area contributed by atoms with Gasteiger partial charge in [-0.15, -0.1) is 0 Å². The van der Waals surface area contributed by atoms with Crippen LogP contribution in [0.25, 0.3) is 0 Å². The van der Waals surface area contributed by atoms with Crippen molar-refractivity contribution in [3.63, 3.8) is 0 Å². The van der Waals surface area contributed by atoms with Gasteiger partial charge in [0.05, 0.1) is 17.3 Å². The lowest BCUT2D eigenvalue weighted by Crippen LogP contribution is -2.09. The van der Waals surface area contributed by atoms with Crippen molar-refractivity contribution in [2.75, 3.05) is 5.32 Å². The fourth-order valence-electron chi connectivity index (χ4n) is 2.08. The summed E-state index contributed by atoms with van der Waals surface area (Å²) in [5.74, 6) is 0.0750. The van der Waals surface area contributed by atoms with E-state index in [4.69, 9.17) is 28.5 Å². The van der Waals surface area contributed by atoms with Crippen molar-refractivity contribution in [3.8, 4) is 11.8 Å². The lowest BCUT2D eigenvalue weighted by molar-refractivity contribution is 0.472. The third kappa shape index (κ3) is 3.24. The number of hydrogen-bond acceptors (Lipinski definition) is 3. The topological polar surface area (TPSA) is 56.0 Å². The number of hydrogen-bond donors (Lipinski definition) is 2. The van der Waals surface area contributed by atoms with Crippen LogP contribution in [0.4, 0.5) is 5.69 Å². The van der Waals surface area contributed by atoms with Gasteiger partial charge in [0.2, 0.25) is 0 Å². The van der Waals surface area contributed by atoms with Crippen molar-refractivity contribution in [2.24, 2.45) is 0 Å². The maximum atomic E-state index is 10.2. The highest BCUT2D eigenvalue weighted by Crippen LogP contribution is 2.35. The third-order valence-corrected chi connectivity index (χ3v) is 3.85. The normalized spacial score (nSPS) is 11.8. The van der Waals surface area contributed by atoms with E-state index >= 15 is 0 Å². The fourth-order valence-corrected chi connectivity index (χ4v) is 2.65. The quantitative estimate of drug-likeness (QED) is 0.778. The summed E-state index contributed by atoms with van der Waals surface area (Å²) in [5, 5.41) is 23.6. The van der Waals surface area contributed by atoms with Crippen molar-refractivity contribution in [1.82, 2.24) is 0 Å².